The topological polar surface area (TPSA) is 34.9 Å². The van der Waals surface area contributed by atoms with Gasteiger partial charge in [-0.25, -0.2) is 4.98 Å². The Morgan fingerprint density at radius 3 is 2.58 bits per heavy atom. The van der Waals surface area contributed by atoms with Crippen LogP contribution in [-0.4, -0.2) is 15.3 Å². The largest absolute Gasteiger partial charge is 0.298 e. The van der Waals surface area contributed by atoms with E-state index in [2.05, 4.69) is 40.2 Å². The van der Waals surface area contributed by atoms with E-state index in [-0.39, 0.29) is 11.0 Å². The Morgan fingerprint density at radius 2 is 2.00 bits per heavy atom. The minimum atomic E-state index is 0.0958. The zero-order chi connectivity index (χ0) is 13.9. The van der Waals surface area contributed by atoms with Crippen molar-refractivity contribution < 1.29 is 0 Å². The van der Waals surface area contributed by atoms with E-state index in [0.717, 1.165) is 21.6 Å². The molecule has 0 spiro atoms. The molecule has 0 saturated heterocycles. The van der Waals surface area contributed by atoms with Crippen molar-refractivity contribution in [3.63, 3.8) is 0 Å². The molecule has 1 aliphatic carbocycles. The molecule has 0 radical (unpaired) electrons. The standard InChI is InChI=1S/C14H21IN2OS/c1-11-12(15)13(18)17(10-16-11)8-14(9-19)6-4-2-3-5-7-14/h10,19H,2-9H2,1H3. The molecule has 5 heteroatoms. The highest BCUT2D eigenvalue weighted by Crippen LogP contribution is 2.37. The minimum Gasteiger partial charge on any atom is -0.298 e. The van der Waals surface area contributed by atoms with E-state index in [1.165, 1.54) is 38.5 Å². The molecule has 1 fully saturated rings. The molecule has 19 heavy (non-hydrogen) atoms. The Kier molecular flexibility index (Phi) is 5.34. The molecule has 1 heterocycles. The highest BCUT2D eigenvalue weighted by atomic mass is 127. The SMILES string of the molecule is Cc1ncn(CC2(CS)CCCCCC2)c(=O)c1I. The first-order valence-corrected chi connectivity index (χ1v) is 8.61. The van der Waals surface area contributed by atoms with Crippen LogP contribution in [0.4, 0.5) is 0 Å². The Labute approximate surface area is 133 Å². The van der Waals surface area contributed by atoms with Gasteiger partial charge in [-0.1, -0.05) is 25.7 Å². The van der Waals surface area contributed by atoms with Crippen LogP contribution in [0.2, 0.25) is 0 Å². The maximum Gasteiger partial charge on any atom is 0.267 e. The van der Waals surface area contributed by atoms with Crippen LogP contribution in [0.3, 0.4) is 0 Å². The number of aromatic nitrogens is 2. The molecule has 1 aromatic heterocycles. The minimum absolute atomic E-state index is 0.0958. The van der Waals surface area contributed by atoms with Gasteiger partial charge in [0, 0.05) is 6.54 Å². The average molecular weight is 392 g/mol. The molecule has 1 saturated carbocycles. The smallest absolute Gasteiger partial charge is 0.267 e. The summed E-state index contributed by atoms with van der Waals surface area (Å²) in [6.45, 7) is 2.64. The summed E-state index contributed by atoms with van der Waals surface area (Å²) in [6, 6.07) is 0. The van der Waals surface area contributed by atoms with E-state index in [4.69, 9.17) is 0 Å². The zero-order valence-corrected chi connectivity index (χ0v) is 14.4. The van der Waals surface area contributed by atoms with Crippen LogP contribution in [0.15, 0.2) is 11.1 Å². The third-order valence-corrected chi connectivity index (χ3v) is 6.08. The number of hydrogen-bond donors (Lipinski definition) is 1. The molecule has 0 unspecified atom stereocenters. The molecule has 0 atom stereocenters. The van der Waals surface area contributed by atoms with Crippen LogP contribution in [0.25, 0.3) is 0 Å². The lowest BCUT2D eigenvalue weighted by molar-refractivity contribution is 0.236. The summed E-state index contributed by atoms with van der Waals surface area (Å²) in [5, 5.41) is 0. The first-order valence-electron chi connectivity index (χ1n) is 6.90. The van der Waals surface area contributed by atoms with E-state index < -0.39 is 0 Å². The van der Waals surface area contributed by atoms with Crippen LogP contribution >= 0.6 is 35.2 Å². The van der Waals surface area contributed by atoms with E-state index in [9.17, 15) is 4.79 Å². The fourth-order valence-corrected chi connectivity index (χ4v) is 3.73. The van der Waals surface area contributed by atoms with Crippen molar-refractivity contribution in [2.45, 2.75) is 52.0 Å². The number of rotatable bonds is 3. The molecule has 0 amide bonds. The van der Waals surface area contributed by atoms with E-state index in [1.54, 1.807) is 10.9 Å². The molecule has 2 rings (SSSR count). The lowest BCUT2D eigenvalue weighted by Crippen LogP contribution is -2.35. The molecule has 0 N–H and O–H groups in total. The summed E-state index contributed by atoms with van der Waals surface area (Å²) in [4.78, 5) is 16.6. The van der Waals surface area contributed by atoms with Gasteiger partial charge in [-0.05, 0) is 53.5 Å². The maximum atomic E-state index is 12.3. The van der Waals surface area contributed by atoms with Gasteiger partial charge in [0.25, 0.3) is 5.56 Å². The predicted octanol–water partition coefficient (Wildman–Crippen LogP) is 3.43. The fraction of sp³-hybridized carbons (Fsp3) is 0.714. The van der Waals surface area contributed by atoms with Crippen molar-refractivity contribution in [1.82, 2.24) is 9.55 Å². The summed E-state index contributed by atoms with van der Waals surface area (Å²) in [5.74, 6) is 0.851. The van der Waals surface area contributed by atoms with Crippen molar-refractivity contribution in [1.29, 1.82) is 0 Å². The summed E-state index contributed by atoms with van der Waals surface area (Å²) in [7, 11) is 0. The predicted molar refractivity (Wildman–Crippen MR) is 89.9 cm³/mol. The Hall–Kier alpha value is -0.0400. The van der Waals surface area contributed by atoms with Crippen molar-refractivity contribution in [2.24, 2.45) is 5.41 Å². The van der Waals surface area contributed by atoms with Gasteiger partial charge in [-0.3, -0.25) is 9.36 Å². The average Bonchev–Trinajstić information content (AvgIpc) is 2.66. The Morgan fingerprint density at radius 1 is 1.37 bits per heavy atom. The highest BCUT2D eigenvalue weighted by molar-refractivity contribution is 14.1. The van der Waals surface area contributed by atoms with Crippen molar-refractivity contribution >= 4 is 35.2 Å². The maximum absolute atomic E-state index is 12.3. The lowest BCUT2D eigenvalue weighted by atomic mass is 9.82. The summed E-state index contributed by atoms with van der Waals surface area (Å²) in [5.41, 5.74) is 1.09. The highest BCUT2D eigenvalue weighted by Gasteiger charge is 2.30. The van der Waals surface area contributed by atoms with E-state index in [0.29, 0.717) is 0 Å². The van der Waals surface area contributed by atoms with Crippen molar-refractivity contribution in [3.05, 3.63) is 25.9 Å². The molecule has 1 aromatic rings. The second-order valence-electron chi connectivity index (χ2n) is 5.65. The number of hydrogen-bond acceptors (Lipinski definition) is 3. The van der Waals surface area contributed by atoms with Crippen LogP contribution < -0.4 is 5.56 Å². The van der Waals surface area contributed by atoms with Gasteiger partial charge in [-0.15, -0.1) is 0 Å². The van der Waals surface area contributed by atoms with Gasteiger partial charge in [0.2, 0.25) is 0 Å². The number of halogens is 1. The second-order valence-corrected chi connectivity index (χ2v) is 7.04. The summed E-state index contributed by atoms with van der Waals surface area (Å²) >= 11 is 6.67. The molecule has 0 aliphatic heterocycles. The van der Waals surface area contributed by atoms with Gasteiger partial charge < -0.3 is 0 Å². The first kappa shape index (κ1) is 15.4. The number of thiol groups is 1. The molecular formula is C14H21IN2OS. The van der Waals surface area contributed by atoms with E-state index in [1.807, 2.05) is 6.92 Å². The van der Waals surface area contributed by atoms with Crippen LogP contribution in [-0.2, 0) is 6.54 Å². The van der Waals surface area contributed by atoms with Crippen molar-refractivity contribution in [2.75, 3.05) is 5.75 Å². The molecule has 0 aromatic carbocycles. The van der Waals surface area contributed by atoms with Gasteiger partial charge in [0.15, 0.2) is 0 Å². The molecule has 1 aliphatic rings. The lowest BCUT2D eigenvalue weighted by Gasteiger charge is -2.31. The van der Waals surface area contributed by atoms with Gasteiger partial charge >= 0.3 is 0 Å². The van der Waals surface area contributed by atoms with Gasteiger partial charge in [-0.2, -0.15) is 12.6 Å². The second kappa shape index (κ2) is 6.61. The van der Waals surface area contributed by atoms with Crippen LogP contribution in [0, 0.1) is 15.9 Å². The van der Waals surface area contributed by atoms with E-state index >= 15 is 0 Å². The normalized spacial score (nSPS) is 19.1. The molecule has 3 nitrogen and oxygen atoms in total. The summed E-state index contributed by atoms with van der Waals surface area (Å²) < 4.78 is 2.53. The quantitative estimate of drug-likeness (QED) is 0.486. The number of aryl methyl sites for hydroxylation is 1. The Balaban J connectivity index is 2.27. The molecule has 106 valence electrons. The van der Waals surface area contributed by atoms with Crippen molar-refractivity contribution in [3.8, 4) is 0 Å². The van der Waals surface area contributed by atoms with Crippen LogP contribution in [0.5, 0.6) is 0 Å². The molecule has 0 bridgehead atoms. The summed E-state index contributed by atoms with van der Waals surface area (Å²) in [6.07, 6.45) is 9.19. The third kappa shape index (κ3) is 3.54. The molecular weight excluding hydrogens is 371 g/mol. The third-order valence-electron chi connectivity index (χ3n) is 4.16. The monoisotopic (exact) mass is 392 g/mol. The fourth-order valence-electron chi connectivity index (χ4n) is 2.87. The van der Waals surface area contributed by atoms with Crippen LogP contribution in [0.1, 0.15) is 44.2 Å². The zero-order valence-electron chi connectivity index (χ0n) is 11.4. The Bertz CT molecular complexity index is 493. The van der Waals surface area contributed by atoms with Gasteiger partial charge in [0.05, 0.1) is 15.6 Å². The number of nitrogens with zero attached hydrogens (tertiary/aromatic N) is 2. The first-order chi connectivity index (χ1) is 9.08. The van der Waals surface area contributed by atoms with Gasteiger partial charge in [0.1, 0.15) is 0 Å².